The van der Waals surface area contributed by atoms with Crippen LogP contribution >= 0.6 is 0 Å². The molecule has 3 heteroatoms. The molecule has 1 atom stereocenters. The standard InChI is InChI=1S/C14H28N2O/c1-3-14(6-9-17-10-7-14)12-16-8-4-5-13(11-16)15-2/h13,15H,3-12H2,1-2H3. The summed E-state index contributed by atoms with van der Waals surface area (Å²) in [5.41, 5.74) is 0.536. The molecule has 2 aliphatic heterocycles. The fourth-order valence-corrected chi connectivity index (χ4v) is 3.34. The molecule has 2 fully saturated rings. The molecule has 0 aromatic carbocycles. The highest BCUT2D eigenvalue weighted by Gasteiger charge is 2.33. The Morgan fingerprint density at radius 2 is 2.12 bits per heavy atom. The van der Waals surface area contributed by atoms with E-state index in [2.05, 4.69) is 24.2 Å². The molecule has 2 aliphatic rings. The number of hydrogen-bond donors (Lipinski definition) is 1. The van der Waals surface area contributed by atoms with Gasteiger partial charge in [-0.15, -0.1) is 0 Å². The van der Waals surface area contributed by atoms with Gasteiger partial charge in [0.2, 0.25) is 0 Å². The maximum Gasteiger partial charge on any atom is 0.0471 e. The second kappa shape index (κ2) is 6.17. The minimum Gasteiger partial charge on any atom is -0.381 e. The number of nitrogens with one attached hydrogen (secondary N) is 1. The zero-order valence-corrected chi connectivity index (χ0v) is 11.5. The highest BCUT2D eigenvalue weighted by molar-refractivity contribution is 4.87. The molecule has 0 saturated carbocycles. The molecule has 0 aromatic rings. The topological polar surface area (TPSA) is 24.5 Å². The van der Waals surface area contributed by atoms with Crippen molar-refractivity contribution in [3.05, 3.63) is 0 Å². The molecule has 0 bridgehead atoms. The second-order valence-corrected chi connectivity index (χ2v) is 5.83. The van der Waals surface area contributed by atoms with E-state index < -0.39 is 0 Å². The fraction of sp³-hybridized carbons (Fsp3) is 1.00. The van der Waals surface area contributed by atoms with Gasteiger partial charge >= 0.3 is 0 Å². The number of rotatable bonds is 4. The van der Waals surface area contributed by atoms with Crippen molar-refractivity contribution in [1.29, 1.82) is 0 Å². The van der Waals surface area contributed by atoms with Gasteiger partial charge < -0.3 is 15.0 Å². The van der Waals surface area contributed by atoms with Crippen LogP contribution in [0.1, 0.15) is 39.0 Å². The first-order valence-electron chi connectivity index (χ1n) is 7.25. The van der Waals surface area contributed by atoms with E-state index in [9.17, 15) is 0 Å². The summed E-state index contributed by atoms with van der Waals surface area (Å²) in [5, 5.41) is 3.44. The lowest BCUT2D eigenvalue weighted by atomic mass is 9.77. The molecule has 1 unspecified atom stereocenters. The molecule has 2 heterocycles. The zero-order chi connectivity index (χ0) is 12.1. The average Bonchev–Trinajstić information content (AvgIpc) is 2.40. The first-order valence-corrected chi connectivity index (χ1v) is 7.25. The number of nitrogens with zero attached hydrogens (tertiary/aromatic N) is 1. The molecular weight excluding hydrogens is 212 g/mol. The molecule has 2 rings (SSSR count). The molecule has 2 saturated heterocycles. The van der Waals surface area contributed by atoms with Gasteiger partial charge in [0.05, 0.1) is 0 Å². The van der Waals surface area contributed by atoms with Crippen LogP contribution in [-0.2, 0) is 4.74 Å². The van der Waals surface area contributed by atoms with E-state index in [1.165, 1.54) is 51.7 Å². The Bertz CT molecular complexity index is 226. The summed E-state index contributed by atoms with van der Waals surface area (Å²) in [6, 6.07) is 0.706. The lowest BCUT2D eigenvalue weighted by Gasteiger charge is -2.43. The van der Waals surface area contributed by atoms with E-state index in [4.69, 9.17) is 4.74 Å². The van der Waals surface area contributed by atoms with Gasteiger partial charge in [-0.2, -0.15) is 0 Å². The van der Waals surface area contributed by atoms with Crippen molar-refractivity contribution >= 4 is 0 Å². The maximum atomic E-state index is 5.53. The van der Waals surface area contributed by atoms with E-state index in [1.54, 1.807) is 0 Å². The van der Waals surface area contributed by atoms with Crippen LogP contribution in [0.5, 0.6) is 0 Å². The molecule has 0 aromatic heterocycles. The van der Waals surface area contributed by atoms with Crippen LogP contribution in [0.15, 0.2) is 0 Å². The third kappa shape index (κ3) is 3.43. The van der Waals surface area contributed by atoms with Crippen molar-refractivity contribution < 1.29 is 4.74 Å². The summed E-state index contributed by atoms with van der Waals surface area (Å²) < 4.78 is 5.53. The normalized spacial score (nSPS) is 30.4. The molecule has 0 radical (unpaired) electrons. The zero-order valence-electron chi connectivity index (χ0n) is 11.5. The summed E-state index contributed by atoms with van der Waals surface area (Å²) in [6.07, 6.45) is 6.50. The van der Waals surface area contributed by atoms with Gasteiger partial charge in [-0.05, 0) is 51.1 Å². The van der Waals surface area contributed by atoms with Gasteiger partial charge in [0.1, 0.15) is 0 Å². The quantitative estimate of drug-likeness (QED) is 0.812. The Kier molecular flexibility index (Phi) is 4.83. The lowest BCUT2D eigenvalue weighted by Crippen LogP contribution is -2.49. The predicted octanol–water partition coefficient (Wildman–Crippen LogP) is 1.88. The van der Waals surface area contributed by atoms with E-state index in [1.807, 2.05) is 0 Å². The Morgan fingerprint density at radius 3 is 2.76 bits per heavy atom. The number of likely N-dealkylation sites (tertiary alicyclic amines) is 1. The van der Waals surface area contributed by atoms with Crippen LogP contribution in [0.3, 0.4) is 0 Å². The Balaban J connectivity index is 1.88. The third-order valence-corrected chi connectivity index (χ3v) is 4.78. The molecule has 0 amide bonds. The molecule has 0 aliphatic carbocycles. The Morgan fingerprint density at radius 1 is 1.35 bits per heavy atom. The van der Waals surface area contributed by atoms with Crippen molar-refractivity contribution in [2.45, 2.75) is 45.1 Å². The minimum atomic E-state index is 0.536. The van der Waals surface area contributed by atoms with Crippen LogP contribution in [0.25, 0.3) is 0 Å². The molecule has 17 heavy (non-hydrogen) atoms. The molecule has 3 nitrogen and oxygen atoms in total. The number of likely N-dealkylation sites (N-methyl/N-ethyl adjacent to an activating group) is 1. The van der Waals surface area contributed by atoms with Gasteiger partial charge in [-0.1, -0.05) is 6.92 Å². The fourth-order valence-electron chi connectivity index (χ4n) is 3.34. The maximum absolute atomic E-state index is 5.53. The highest BCUT2D eigenvalue weighted by atomic mass is 16.5. The van der Waals surface area contributed by atoms with Gasteiger partial charge in [0.25, 0.3) is 0 Å². The molecule has 1 N–H and O–H groups in total. The van der Waals surface area contributed by atoms with E-state index in [0.29, 0.717) is 11.5 Å². The molecular formula is C14H28N2O. The average molecular weight is 240 g/mol. The van der Waals surface area contributed by atoms with Crippen LogP contribution in [-0.4, -0.2) is 50.8 Å². The highest BCUT2D eigenvalue weighted by Crippen LogP contribution is 2.35. The smallest absolute Gasteiger partial charge is 0.0471 e. The molecule has 100 valence electrons. The van der Waals surface area contributed by atoms with Crippen molar-refractivity contribution in [2.75, 3.05) is 39.9 Å². The SMILES string of the molecule is CCC1(CN2CCCC(NC)C2)CCOCC1. The largest absolute Gasteiger partial charge is 0.381 e. The van der Waals surface area contributed by atoms with Crippen LogP contribution in [0.2, 0.25) is 0 Å². The first-order chi connectivity index (χ1) is 8.28. The van der Waals surface area contributed by atoms with E-state index >= 15 is 0 Å². The van der Waals surface area contributed by atoms with Crippen molar-refractivity contribution in [3.8, 4) is 0 Å². The van der Waals surface area contributed by atoms with E-state index in [0.717, 1.165) is 13.2 Å². The van der Waals surface area contributed by atoms with Gasteiger partial charge in [-0.25, -0.2) is 0 Å². The lowest BCUT2D eigenvalue weighted by molar-refractivity contribution is -0.0116. The minimum absolute atomic E-state index is 0.536. The number of ether oxygens (including phenoxy) is 1. The van der Waals surface area contributed by atoms with E-state index in [-0.39, 0.29) is 0 Å². The predicted molar refractivity (Wildman–Crippen MR) is 71.3 cm³/mol. The first kappa shape index (κ1) is 13.3. The summed E-state index contributed by atoms with van der Waals surface area (Å²) >= 11 is 0. The Hall–Kier alpha value is -0.120. The number of hydrogen-bond acceptors (Lipinski definition) is 3. The molecule has 0 spiro atoms. The third-order valence-electron chi connectivity index (χ3n) is 4.78. The number of piperidine rings is 1. The van der Waals surface area contributed by atoms with Crippen LogP contribution in [0, 0.1) is 5.41 Å². The Labute approximate surface area is 106 Å². The summed E-state index contributed by atoms with van der Waals surface area (Å²) in [7, 11) is 2.10. The van der Waals surface area contributed by atoms with Crippen LogP contribution in [0.4, 0.5) is 0 Å². The second-order valence-electron chi connectivity index (χ2n) is 5.83. The summed E-state index contributed by atoms with van der Waals surface area (Å²) in [6.45, 7) is 8.10. The van der Waals surface area contributed by atoms with Gasteiger partial charge in [0, 0.05) is 32.3 Å². The van der Waals surface area contributed by atoms with Crippen molar-refractivity contribution in [2.24, 2.45) is 5.41 Å². The monoisotopic (exact) mass is 240 g/mol. The van der Waals surface area contributed by atoms with Crippen LogP contribution < -0.4 is 5.32 Å². The van der Waals surface area contributed by atoms with Gasteiger partial charge in [0.15, 0.2) is 0 Å². The summed E-state index contributed by atoms with van der Waals surface area (Å²) in [5.74, 6) is 0. The summed E-state index contributed by atoms with van der Waals surface area (Å²) in [4.78, 5) is 2.68. The van der Waals surface area contributed by atoms with Crippen molar-refractivity contribution in [1.82, 2.24) is 10.2 Å². The van der Waals surface area contributed by atoms with Crippen molar-refractivity contribution in [3.63, 3.8) is 0 Å². The van der Waals surface area contributed by atoms with Gasteiger partial charge in [-0.3, -0.25) is 0 Å².